The molecule has 21 heteroatoms. The average molecular weight is 1100 g/mol. The van der Waals surface area contributed by atoms with Crippen molar-refractivity contribution in [3.63, 3.8) is 0 Å². The summed E-state index contributed by atoms with van der Waals surface area (Å²) in [5.41, 5.74) is 1.02. The van der Waals surface area contributed by atoms with Crippen LogP contribution in [-0.2, 0) is 40.8 Å². The van der Waals surface area contributed by atoms with Crippen LogP contribution >= 0.6 is 34.9 Å². The number of nitrogens with one attached hydrogen (secondary N) is 4. The summed E-state index contributed by atoms with van der Waals surface area (Å²) < 4.78 is 12.7. The minimum Gasteiger partial charge on any atom is -0.448 e. The van der Waals surface area contributed by atoms with Gasteiger partial charge in [0.2, 0.25) is 0 Å². The van der Waals surface area contributed by atoms with Crippen LogP contribution in [0.5, 0.6) is 0 Å². The maximum Gasteiger partial charge on any atom is 0.407 e. The number of esters is 1. The Morgan fingerprint density at radius 3 is 1.95 bits per heavy atom. The highest BCUT2D eigenvalue weighted by atomic mass is 32.2. The molecule has 2 aromatic heterocycles. The minimum atomic E-state index is -1.11. The molecule has 0 saturated carbocycles. The van der Waals surface area contributed by atoms with E-state index in [1.807, 2.05) is 152 Å². The van der Waals surface area contributed by atoms with E-state index in [0.717, 1.165) is 33.0 Å². The first-order valence-corrected chi connectivity index (χ1v) is 27.4. The van der Waals surface area contributed by atoms with E-state index in [0.29, 0.717) is 21.8 Å². The van der Waals surface area contributed by atoms with Gasteiger partial charge in [0, 0.05) is 24.2 Å². The zero-order valence-electron chi connectivity index (χ0n) is 42.7. The maximum atomic E-state index is 14.8. The van der Waals surface area contributed by atoms with E-state index in [4.69, 9.17) is 19.3 Å². The lowest BCUT2D eigenvalue weighted by Crippen LogP contribution is -2.71. The van der Waals surface area contributed by atoms with E-state index < -0.39 is 63.7 Å². The Labute approximate surface area is 461 Å². The maximum absolute atomic E-state index is 14.8. The number of nitrogens with zero attached hydrogens (tertiary/aromatic N) is 5. The standard InChI is InChI=1S/C57H53N9O9S3/c1-56(2,3)75-55(72)58-31-32-65-50(70)48(68)62-63-54(65)76-33-30-38-34-77-51-44(49(69)66(51)45(38)52(71)74-46(36-20-10-5-11-21-36)37-22-12-6-13-23-37)60-47(67)43(64-73-4)42-35-78-53(59-42)61-57(39-24-14-7-15-25-39,40-26-16-8-17-27-40)41-28-18-9-19-29-41/h5-30,33,35,44,46,51H,31-32,34H2,1-4H3,(H,58,72)(H,59,61)(H,60,67)(H,62,68). The van der Waals surface area contributed by atoms with Gasteiger partial charge in [-0.1, -0.05) is 169 Å². The summed E-state index contributed by atoms with van der Waals surface area (Å²) in [6.45, 7) is 4.96. The molecule has 398 valence electrons. The zero-order chi connectivity index (χ0) is 54.8. The Bertz CT molecular complexity index is 3360. The van der Waals surface area contributed by atoms with Gasteiger partial charge in [-0.3, -0.25) is 28.6 Å². The number of thioether (sulfide) groups is 2. The highest BCUT2D eigenvalue weighted by Gasteiger charge is 2.55. The van der Waals surface area contributed by atoms with Crippen molar-refractivity contribution in [1.29, 1.82) is 0 Å². The molecule has 5 aromatic carbocycles. The average Bonchev–Trinajstić information content (AvgIpc) is 3.99. The molecule has 0 bridgehead atoms. The van der Waals surface area contributed by atoms with Gasteiger partial charge in [0.05, 0.1) is 0 Å². The molecule has 2 aliphatic heterocycles. The lowest BCUT2D eigenvalue weighted by Gasteiger charge is -2.49. The number of fused-ring (bicyclic) bond motifs is 1. The number of hydrogen-bond donors (Lipinski definition) is 4. The van der Waals surface area contributed by atoms with Gasteiger partial charge in [-0.15, -0.1) is 28.2 Å². The molecule has 18 nitrogen and oxygen atoms in total. The number of anilines is 1. The molecule has 4 heterocycles. The summed E-state index contributed by atoms with van der Waals surface area (Å²) in [6.07, 6.45) is 0.0262. The smallest absolute Gasteiger partial charge is 0.407 e. The van der Waals surface area contributed by atoms with Crippen molar-refractivity contribution in [3.05, 3.63) is 234 Å². The molecule has 0 radical (unpaired) electrons. The van der Waals surface area contributed by atoms with Crippen LogP contribution in [0.25, 0.3) is 0 Å². The van der Waals surface area contributed by atoms with E-state index in [2.05, 4.69) is 31.3 Å². The molecule has 9 rings (SSSR count). The van der Waals surface area contributed by atoms with Crippen molar-refractivity contribution >= 4 is 69.6 Å². The molecule has 2 aliphatic rings. The molecular weight excluding hydrogens is 1050 g/mol. The van der Waals surface area contributed by atoms with Gasteiger partial charge in [-0.2, -0.15) is 0 Å². The molecular formula is C57H53N9O9S3. The van der Waals surface area contributed by atoms with Crippen LogP contribution in [0.1, 0.15) is 60.4 Å². The van der Waals surface area contributed by atoms with Gasteiger partial charge in [-0.25, -0.2) is 19.7 Å². The second-order valence-corrected chi connectivity index (χ2v) is 21.5. The van der Waals surface area contributed by atoms with E-state index in [-0.39, 0.29) is 41.1 Å². The summed E-state index contributed by atoms with van der Waals surface area (Å²) in [7, 11) is 1.31. The Kier molecular flexibility index (Phi) is 16.8. The molecule has 0 aliphatic carbocycles. The summed E-state index contributed by atoms with van der Waals surface area (Å²) >= 11 is 3.53. The van der Waals surface area contributed by atoms with Crippen LogP contribution in [-0.4, -0.2) is 90.7 Å². The Hall–Kier alpha value is -8.53. The first-order chi connectivity index (χ1) is 37.8. The van der Waals surface area contributed by atoms with Crippen LogP contribution in [0, 0.1) is 0 Å². The summed E-state index contributed by atoms with van der Waals surface area (Å²) in [5.74, 6) is -1.97. The molecule has 3 amide bonds. The number of allylic oxidation sites excluding steroid dienone is 1. The first-order valence-electron chi connectivity index (χ1n) is 24.6. The highest BCUT2D eigenvalue weighted by molar-refractivity contribution is 8.02. The third kappa shape index (κ3) is 12.0. The monoisotopic (exact) mass is 1100 g/mol. The number of rotatable bonds is 19. The SMILES string of the molecule is CON=C(C(=O)NC1C(=O)N2C(C(=O)OC(c3ccccc3)c3ccccc3)=C(C=CSc3n[nH]c(=O)c(=O)n3CCNC(=O)OC(C)(C)C)CSC12)c1csc(NC(c2ccccc2)(c2ccccc2)c2ccccc2)n1. The van der Waals surface area contributed by atoms with Crippen molar-refractivity contribution in [2.75, 3.05) is 24.7 Å². The third-order valence-electron chi connectivity index (χ3n) is 12.3. The van der Waals surface area contributed by atoms with Crippen LogP contribution in [0.4, 0.5) is 9.93 Å². The zero-order valence-corrected chi connectivity index (χ0v) is 45.1. The molecule has 0 spiro atoms. The number of carbonyl (C=O) groups is 4. The predicted octanol–water partition coefficient (Wildman–Crippen LogP) is 7.96. The molecule has 1 saturated heterocycles. The fraction of sp³-hybridized carbons (Fsp3) is 0.211. The number of aromatic nitrogens is 4. The summed E-state index contributed by atoms with van der Waals surface area (Å²) in [6, 6.07) is 47.2. The topological polar surface area (TPSA) is 228 Å². The van der Waals surface area contributed by atoms with Crippen LogP contribution in [0.15, 0.2) is 200 Å². The molecule has 1 fully saturated rings. The first kappa shape index (κ1) is 54.3. The van der Waals surface area contributed by atoms with Crippen molar-refractivity contribution in [1.82, 2.24) is 35.3 Å². The number of ether oxygens (including phenoxy) is 2. The van der Waals surface area contributed by atoms with E-state index in [1.54, 1.807) is 37.6 Å². The fourth-order valence-corrected chi connectivity index (χ4v) is 11.7. The van der Waals surface area contributed by atoms with E-state index >= 15 is 0 Å². The van der Waals surface area contributed by atoms with Gasteiger partial charge >= 0.3 is 23.2 Å². The predicted molar refractivity (Wildman–Crippen MR) is 300 cm³/mol. The number of β-lactam (4-membered cyclic amide) rings is 1. The molecule has 4 N–H and O–H groups in total. The molecule has 2 atom stereocenters. The lowest BCUT2D eigenvalue weighted by atomic mass is 9.77. The highest BCUT2D eigenvalue weighted by Crippen LogP contribution is 2.43. The Balaban J connectivity index is 0.989. The van der Waals surface area contributed by atoms with Gasteiger partial charge < -0.3 is 30.3 Å². The number of carbonyl (C=O) groups excluding carboxylic acids is 4. The minimum absolute atomic E-state index is 0.0592. The number of oxime groups is 1. The van der Waals surface area contributed by atoms with Crippen LogP contribution in [0.3, 0.4) is 0 Å². The van der Waals surface area contributed by atoms with Crippen molar-refractivity contribution < 1.29 is 33.5 Å². The number of H-pyrrole nitrogens is 1. The molecule has 78 heavy (non-hydrogen) atoms. The number of alkyl carbamates (subject to hydrolysis) is 1. The summed E-state index contributed by atoms with van der Waals surface area (Å²) in [4.78, 5) is 92.9. The van der Waals surface area contributed by atoms with E-state index in [9.17, 15) is 28.8 Å². The van der Waals surface area contributed by atoms with Crippen LogP contribution in [0.2, 0.25) is 0 Å². The van der Waals surface area contributed by atoms with Gasteiger partial charge in [-0.05, 0) is 65.6 Å². The normalized spacial score (nSPS) is 15.6. The second kappa shape index (κ2) is 24.2. The quantitative estimate of drug-likeness (QED) is 0.0115. The Morgan fingerprint density at radius 1 is 0.833 bits per heavy atom. The van der Waals surface area contributed by atoms with Crippen molar-refractivity contribution in [2.24, 2.45) is 5.16 Å². The molecule has 7 aromatic rings. The number of benzene rings is 5. The Morgan fingerprint density at radius 2 is 1.40 bits per heavy atom. The fourth-order valence-electron chi connectivity index (χ4n) is 8.86. The largest absolute Gasteiger partial charge is 0.448 e. The number of aromatic amines is 1. The lowest BCUT2D eigenvalue weighted by molar-refractivity contribution is -0.154. The third-order valence-corrected chi connectivity index (χ3v) is 15.2. The number of thiazole rings is 1. The number of amides is 3. The van der Waals surface area contributed by atoms with E-state index in [1.165, 1.54) is 35.1 Å². The molecule has 2 unspecified atom stereocenters. The van der Waals surface area contributed by atoms with Gasteiger partial charge in [0.25, 0.3) is 11.8 Å². The van der Waals surface area contributed by atoms with Crippen molar-refractivity contribution in [2.45, 2.75) is 61.1 Å². The van der Waals surface area contributed by atoms with Gasteiger partial charge in [0.15, 0.2) is 22.1 Å². The van der Waals surface area contributed by atoms with Crippen molar-refractivity contribution in [3.8, 4) is 0 Å². The van der Waals surface area contributed by atoms with Gasteiger partial charge in [0.1, 0.15) is 41.1 Å². The van der Waals surface area contributed by atoms with Crippen LogP contribution < -0.4 is 27.1 Å². The second-order valence-electron chi connectivity index (χ2n) is 18.6. The number of hydrogen-bond acceptors (Lipinski definition) is 16. The summed E-state index contributed by atoms with van der Waals surface area (Å²) in [5, 5.41) is 22.5.